The molecule has 7 heteroatoms. The molecule has 28 heavy (non-hydrogen) atoms. The molecular weight excluding hydrogens is 361 g/mol. The van der Waals surface area contributed by atoms with Crippen LogP contribution < -0.4 is 9.64 Å². The average Bonchev–Trinajstić information content (AvgIpc) is 3.08. The number of nitrogens with zero attached hydrogens (tertiary/aromatic N) is 3. The van der Waals surface area contributed by atoms with Crippen LogP contribution in [-0.2, 0) is 17.8 Å². The number of fused-ring (bicyclic) bond motifs is 1. The summed E-state index contributed by atoms with van der Waals surface area (Å²) in [5.74, 6) is 0.420. The molecule has 0 bridgehead atoms. The SMILES string of the molecule is COc1ccc2c(c1)CCN(C(=O)CN1CCN(c3ccc(F)cc3)C1=O)C2. The number of rotatable bonds is 4. The van der Waals surface area contributed by atoms with E-state index >= 15 is 0 Å². The lowest BCUT2D eigenvalue weighted by Gasteiger charge is -2.30. The molecular formula is C21H22FN3O3. The lowest BCUT2D eigenvalue weighted by atomic mass is 9.99. The van der Waals surface area contributed by atoms with Crippen LogP contribution in [0.15, 0.2) is 42.5 Å². The van der Waals surface area contributed by atoms with Crippen molar-refractivity contribution in [3.8, 4) is 5.75 Å². The van der Waals surface area contributed by atoms with Crippen LogP contribution in [0.3, 0.4) is 0 Å². The molecule has 0 spiro atoms. The van der Waals surface area contributed by atoms with E-state index in [1.54, 1.807) is 33.9 Å². The number of benzene rings is 2. The zero-order valence-corrected chi connectivity index (χ0v) is 15.7. The van der Waals surface area contributed by atoms with Crippen molar-refractivity contribution in [2.24, 2.45) is 0 Å². The Labute approximate surface area is 163 Å². The predicted octanol–water partition coefficient (Wildman–Crippen LogP) is 2.66. The molecule has 2 aromatic rings. The fraction of sp³-hybridized carbons (Fsp3) is 0.333. The van der Waals surface area contributed by atoms with Crippen LogP contribution >= 0.6 is 0 Å². The maximum absolute atomic E-state index is 13.1. The van der Waals surface area contributed by atoms with Crippen LogP contribution in [0.25, 0.3) is 0 Å². The molecule has 1 fully saturated rings. The monoisotopic (exact) mass is 383 g/mol. The molecule has 0 N–H and O–H groups in total. The second kappa shape index (κ2) is 7.50. The minimum atomic E-state index is -0.342. The number of hydrogen-bond donors (Lipinski definition) is 0. The fourth-order valence-electron chi connectivity index (χ4n) is 3.72. The van der Waals surface area contributed by atoms with Crippen molar-refractivity contribution in [2.75, 3.05) is 38.2 Å². The number of hydrogen-bond acceptors (Lipinski definition) is 3. The first-order valence-corrected chi connectivity index (χ1v) is 9.31. The quantitative estimate of drug-likeness (QED) is 0.816. The van der Waals surface area contributed by atoms with Crippen LogP contribution in [0, 0.1) is 5.82 Å². The van der Waals surface area contributed by atoms with Gasteiger partial charge in [0, 0.05) is 31.9 Å². The van der Waals surface area contributed by atoms with Gasteiger partial charge in [0.05, 0.1) is 7.11 Å². The Morgan fingerprint density at radius 3 is 2.61 bits per heavy atom. The Kier molecular flexibility index (Phi) is 4.90. The van der Waals surface area contributed by atoms with Crippen molar-refractivity contribution in [3.63, 3.8) is 0 Å². The minimum absolute atomic E-state index is 0.0576. The smallest absolute Gasteiger partial charge is 0.325 e. The Morgan fingerprint density at radius 1 is 1.07 bits per heavy atom. The summed E-state index contributed by atoms with van der Waals surface area (Å²) in [6.45, 7) is 2.19. The van der Waals surface area contributed by atoms with E-state index in [1.807, 2.05) is 18.2 Å². The summed E-state index contributed by atoms with van der Waals surface area (Å²) < 4.78 is 18.4. The molecule has 2 aliphatic rings. The van der Waals surface area contributed by atoms with Crippen molar-refractivity contribution >= 4 is 17.6 Å². The summed E-state index contributed by atoms with van der Waals surface area (Å²) in [7, 11) is 1.64. The van der Waals surface area contributed by atoms with Crippen LogP contribution in [0.4, 0.5) is 14.9 Å². The molecule has 146 valence electrons. The Morgan fingerprint density at radius 2 is 1.86 bits per heavy atom. The Balaban J connectivity index is 1.39. The van der Waals surface area contributed by atoms with E-state index in [-0.39, 0.29) is 24.3 Å². The van der Waals surface area contributed by atoms with Crippen molar-refractivity contribution in [3.05, 3.63) is 59.4 Å². The topological polar surface area (TPSA) is 53.1 Å². The molecule has 2 aliphatic heterocycles. The zero-order valence-electron chi connectivity index (χ0n) is 15.7. The van der Waals surface area contributed by atoms with Crippen molar-refractivity contribution in [1.82, 2.24) is 9.80 Å². The van der Waals surface area contributed by atoms with Crippen molar-refractivity contribution in [2.45, 2.75) is 13.0 Å². The third-order valence-corrected chi connectivity index (χ3v) is 5.34. The summed E-state index contributed by atoms with van der Waals surface area (Å²) in [5, 5.41) is 0. The van der Waals surface area contributed by atoms with Gasteiger partial charge < -0.3 is 14.5 Å². The van der Waals surface area contributed by atoms with Gasteiger partial charge in [0.2, 0.25) is 5.91 Å². The number of urea groups is 1. The second-order valence-corrected chi connectivity index (χ2v) is 7.03. The molecule has 2 aromatic carbocycles. The third kappa shape index (κ3) is 3.52. The summed E-state index contributed by atoms with van der Waals surface area (Å²) >= 11 is 0. The molecule has 0 atom stereocenters. The summed E-state index contributed by atoms with van der Waals surface area (Å²) in [6, 6.07) is 11.5. The number of amides is 3. The maximum atomic E-state index is 13.1. The van der Waals surface area contributed by atoms with Crippen molar-refractivity contribution < 1.29 is 18.7 Å². The molecule has 4 rings (SSSR count). The molecule has 1 saturated heterocycles. The number of ether oxygens (including phenoxy) is 1. The van der Waals surface area contributed by atoms with Crippen LogP contribution in [0.2, 0.25) is 0 Å². The minimum Gasteiger partial charge on any atom is -0.497 e. The fourth-order valence-corrected chi connectivity index (χ4v) is 3.72. The first-order chi connectivity index (χ1) is 13.5. The maximum Gasteiger partial charge on any atom is 0.325 e. The third-order valence-electron chi connectivity index (χ3n) is 5.34. The summed E-state index contributed by atoms with van der Waals surface area (Å²) in [4.78, 5) is 30.3. The lowest BCUT2D eigenvalue weighted by molar-refractivity contribution is -0.132. The molecule has 0 aromatic heterocycles. The Bertz CT molecular complexity index is 900. The highest BCUT2D eigenvalue weighted by atomic mass is 19.1. The average molecular weight is 383 g/mol. The van der Waals surface area contributed by atoms with E-state index in [1.165, 1.54) is 17.7 Å². The van der Waals surface area contributed by atoms with Gasteiger partial charge in [0.1, 0.15) is 18.1 Å². The van der Waals surface area contributed by atoms with E-state index in [4.69, 9.17) is 4.74 Å². The molecule has 2 heterocycles. The molecule has 0 saturated carbocycles. The van der Waals surface area contributed by atoms with Gasteiger partial charge >= 0.3 is 6.03 Å². The molecule has 0 aliphatic carbocycles. The Hall–Kier alpha value is -3.09. The van der Waals surface area contributed by atoms with Gasteiger partial charge in [0.15, 0.2) is 0 Å². The van der Waals surface area contributed by atoms with Crippen LogP contribution in [-0.4, -0.2) is 55.0 Å². The number of methoxy groups -OCH3 is 1. The number of halogens is 1. The van der Waals surface area contributed by atoms with Gasteiger partial charge in [-0.05, 0) is 53.9 Å². The lowest BCUT2D eigenvalue weighted by Crippen LogP contribution is -2.44. The highest BCUT2D eigenvalue weighted by Gasteiger charge is 2.32. The van der Waals surface area contributed by atoms with Crippen molar-refractivity contribution in [1.29, 1.82) is 0 Å². The van der Waals surface area contributed by atoms with E-state index in [2.05, 4.69) is 0 Å². The zero-order chi connectivity index (χ0) is 19.7. The van der Waals surface area contributed by atoms with Gasteiger partial charge in [-0.2, -0.15) is 0 Å². The van der Waals surface area contributed by atoms with Gasteiger partial charge in [0.25, 0.3) is 0 Å². The largest absolute Gasteiger partial charge is 0.497 e. The first-order valence-electron chi connectivity index (χ1n) is 9.31. The van der Waals surface area contributed by atoms with Crippen LogP contribution in [0.1, 0.15) is 11.1 Å². The van der Waals surface area contributed by atoms with E-state index < -0.39 is 0 Å². The van der Waals surface area contributed by atoms with E-state index in [0.29, 0.717) is 31.9 Å². The molecule has 0 radical (unpaired) electrons. The highest BCUT2D eigenvalue weighted by Crippen LogP contribution is 2.25. The second-order valence-electron chi connectivity index (χ2n) is 7.03. The molecule has 6 nitrogen and oxygen atoms in total. The van der Waals surface area contributed by atoms with E-state index in [0.717, 1.165) is 17.7 Å². The molecule has 3 amide bonds. The predicted molar refractivity (Wildman–Crippen MR) is 103 cm³/mol. The number of anilines is 1. The summed E-state index contributed by atoms with van der Waals surface area (Å²) in [6.07, 6.45) is 0.772. The number of carbonyl (C=O) groups excluding carboxylic acids is 2. The highest BCUT2D eigenvalue weighted by molar-refractivity contribution is 5.96. The van der Waals surface area contributed by atoms with Gasteiger partial charge in [-0.25, -0.2) is 9.18 Å². The van der Waals surface area contributed by atoms with Gasteiger partial charge in [-0.15, -0.1) is 0 Å². The number of carbonyl (C=O) groups is 2. The molecule has 0 unspecified atom stereocenters. The van der Waals surface area contributed by atoms with Crippen LogP contribution in [0.5, 0.6) is 5.75 Å². The standard InChI is InChI=1S/C21H22FN3O3/c1-28-19-7-2-16-13-23(9-8-15(16)12-19)20(26)14-24-10-11-25(21(24)27)18-5-3-17(22)4-6-18/h2-7,12H,8-11,13-14H2,1H3. The first kappa shape index (κ1) is 18.3. The van der Waals surface area contributed by atoms with Gasteiger partial charge in [-0.1, -0.05) is 6.07 Å². The normalized spacial score (nSPS) is 16.4. The van der Waals surface area contributed by atoms with Gasteiger partial charge in [-0.3, -0.25) is 9.69 Å². The van der Waals surface area contributed by atoms with E-state index in [9.17, 15) is 14.0 Å². The summed E-state index contributed by atoms with van der Waals surface area (Å²) in [5.41, 5.74) is 2.95.